The van der Waals surface area contributed by atoms with Gasteiger partial charge in [-0.2, -0.15) is 4.99 Å². The molecule has 0 atom stereocenters. The molecular formula is C9H12N2OS. The quantitative estimate of drug-likeness (QED) is 0.626. The van der Waals surface area contributed by atoms with Gasteiger partial charge >= 0.3 is 0 Å². The number of carbonyl (C=O) groups excluding carboxylic acids is 1. The van der Waals surface area contributed by atoms with E-state index in [1.54, 1.807) is 13.0 Å². The third-order valence-corrected chi connectivity index (χ3v) is 2.58. The molecule has 1 amide bonds. The molecule has 3 nitrogen and oxygen atoms in total. The molecule has 0 bridgehead atoms. The molecule has 0 aromatic carbocycles. The van der Waals surface area contributed by atoms with Crippen molar-refractivity contribution in [1.82, 2.24) is 4.57 Å². The number of carbonyl (C=O) groups is 1. The maximum Gasteiger partial charge on any atom is 0.274 e. The fourth-order valence-electron chi connectivity index (χ4n) is 0.733. The molecule has 0 saturated heterocycles. The van der Waals surface area contributed by atoms with Crippen LogP contribution in [0.5, 0.6) is 0 Å². The zero-order valence-electron chi connectivity index (χ0n) is 7.94. The fraction of sp³-hybridized carbons (Fsp3) is 0.333. The summed E-state index contributed by atoms with van der Waals surface area (Å²) in [5.41, 5.74) is 0.674. The SMILES string of the molecule is C/C=C(/C)C(=O)N=c1sccn1C. The molecule has 1 aromatic rings. The Kier molecular flexibility index (Phi) is 3.19. The van der Waals surface area contributed by atoms with Gasteiger partial charge in [0.25, 0.3) is 5.91 Å². The van der Waals surface area contributed by atoms with Crippen molar-refractivity contribution in [2.24, 2.45) is 12.0 Å². The van der Waals surface area contributed by atoms with Gasteiger partial charge in [0.2, 0.25) is 0 Å². The lowest BCUT2D eigenvalue weighted by atomic mass is 10.3. The van der Waals surface area contributed by atoms with Crippen LogP contribution >= 0.6 is 11.3 Å². The molecule has 1 heterocycles. The third kappa shape index (κ3) is 2.39. The Labute approximate surface area is 81.1 Å². The molecular weight excluding hydrogens is 184 g/mol. The molecule has 0 N–H and O–H groups in total. The first-order chi connectivity index (χ1) is 6.15. The average molecular weight is 196 g/mol. The monoisotopic (exact) mass is 196 g/mol. The number of hydrogen-bond donors (Lipinski definition) is 0. The molecule has 0 aliphatic rings. The van der Waals surface area contributed by atoms with Crippen molar-refractivity contribution < 1.29 is 4.79 Å². The summed E-state index contributed by atoms with van der Waals surface area (Å²) in [6.07, 6.45) is 3.64. The molecule has 0 aliphatic carbocycles. The van der Waals surface area contributed by atoms with E-state index in [4.69, 9.17) is 0 Å². The van der Waals surface area contributed by atoms with Crippen LogP contribution in [0.3, 0.4) is 0 Å². The Morgan fingerprint density at radius 2 is 2.38 bits per heavy atom. The molecule has 0 spiro atoms. The summed E-state index contributed by atoms with van der Waals surface area (Å²) >= 11 is 1.45. The number of thiazole rings is 1. The zero-order chi connectivity index (χ0) is 9.84. The van der Waals surface area contributed by atoms with E-state index in [-0.39, 0.29) is 5.91 Å². The Bertz CT molecular complexity index is 398. The first kappa shape index (κ1) is 9.92. The number of aromatic nitrogens is 1. The van der Waals surface area contributed by atoms with E-state index in [9.17, 15) is 4.79 Å². The number of aryl methyl sites for hydroxylation is 1. The summed E-state index contributed by atoms with van der Waals surface area (Å²) in [6, 6.07) is 0. The lowest BCUT2D eigenvalue weighted by Crippen LogP contribution is -2.12. The van der Waals surface area contributed by atoms with Gasteiger partial charge < -0.3 is 4.57 Å². The number of allylic oxidation sites excluding steroid dienone is 1. The van der Waals surface area contributed by atoms with Gasteiger partial charge in [0, 0.05) is 24.2 Å². The largest absolute Gasteiger partial charge is 0.327 e. The van der Waals surface area contributed by atoms with Crippen molar-refractivity contribution >= 4 is 17.2 Å². The highest BCUT2D eigenvalue weighted by Gasteiger charge is 2.00. The average Bonchev–Trinajstić information content (AvgIpc) is 2.50. The summed E-state index contributed by atoms with van der Waals surface area (Å²) < 4.78 is 1.82. The second kappa shape index (κ2) is 4.18. The van der Waals surface area contributed by atoms with Crippen LogP contribution in [0.2, 0.25) is 0 Å². The van der Waals surface area contributed by atoms with Crippen molar-refractivity contribution in [3.63, 3.8) is 0 Å². The molecule has 0 saturated carbocycles. The summed E-state index contributed by atoms with van der Waals surface area (Å²) in [5.74, 6) is -0.166. The van der Waals surface area contributed by atoms with Crippen molar-refractivity contribution in [2.45, 2.75) is 13.8 Å². The van der Waals surface area contributed by atoms with Crippen molar-refractivity contribution in [2.75, 3.05) is 0 Å². The second-order valence-electron chi connectivity index (χ2n) is 2.69. The minimum absolute atomic E-state index is 0.166. The smallest absolute Gasteiger partial charge is 0.274 e. The Hall–Kier alpha value is -1.16. The Morgan fingerprint density at radius 3 is 2.85 bits per heavy atom. The molecule has 4 heteroatoms. The number of hydrogen-bond acceptors (Lipinski definition) is 2. The van der Waals surface area contributed by atoms with Gasteiger partial charge in [0.15, 0.2) is 4.80 Å². The van der Waals surface area contributed by atoms with Gasteiger partial charge in [0.1, 0.15) is 0 Å². The van der Waals surface area contributed by atoms with Gasteiger partial charge in [-0.3, -0.25) is 4.79 Å². The second-order valence-corrected chi connectivity index (χ2v) is 3.56. The van der Waals surface area contributed by atoms with Crippen molar-refractivity contribution in [3.05, 3.63) is 28.0 Å². The summed E-state index contributed by atoms with van der Waals surface area (Å²) in [6.45, 7) is 3.59. The number of nitrogens with zero attached hydrogens (tertiary/aromatic N) is 2. The first-order valence-corrected chi connectivity index (χ1v) is 4.85. The third-order valence-electron chi connectivity index (χ3n) is 1.73. The minimum Gasteiger partial charge on any atom is -0.327 e. The van der Waals surface area contributed by atoms with Gasteiger partial charge in [-0.05, 0) is 13.8 Å². The van der Waals surface area contributed by atoms with E-state index >= 15 is 0 Å². The molecule has 0 radical (unpaired) electrons. The van der Waals surface area contributed by atoms with E-state index in [1.807, 2.05) is 30.1 Å². The van der Waals surface area contributed by atoms with Crippen LogP contribution in [-0.4, -0.2) is 10.5 Å². The maximum absolute atomic E-state index is 11.4. The van der Waals surface area contributed by atoms with E-state index in [1.165, 1.54) is 11.3 Å². The zero-order valence-corrected chi connectivity index (χ0v) is 8.76. The topological polar surface area (TPSA) is 34.4 Å². The molecule has 0 fully saturated rings. The van der Waals surface area contributed by atoms with Crippen molar-refractivity contribution in [3.8, 4) is 0 Å². The van der Waals surface area contributed by atoms with Crippen LogP contribution in [0.25, 0.3) is 0 Å². The summed E-state index contributed by atoms with van der Waals surface area (Å²) in [5, 5.41) is 1.90. The predicted molar refractivity (Wildman–Crippen MR) is 53.3 cm³/mol. The van der Waals surface area contributed by atoms with E-state index in [0.717, 1.165) is 4.80 Å². The normalized spacial score (nSPS) is 13.5. The van der Waals surface area contributed by atoms with E-state index < -0.39 is 0 Å². The van der Waals surface area contributed by atoms with Crippen LogP contribution < -0.4 is 4.80 Å². The molecule has 0 unspecified atom stereocenters. The van der Waals surface area contributed by atoms with Crippen LogP contribution in [0.4, 0.5) is 0 Å². The highest BCUT2D eigenvalue weighted by atomic mass is 32.1. The standard InChI is InChI=1S/C9H12N2OS/c1-4-7(2)8(12)10-9-11(3)5-6-13-9/h4-6H,1-3H3/b7-4-,10-9?. The van der Waals surface area contributed by atoms with E-state index in [2.05, 4.69) is 4.99 Å². The lowest BCUT2D eigenvalue weighted by molar-refractivity contribution is -0.114. The van der Waals surface area contributed by atoms with Crippen LogP contribution in [0, 0.1) is 0 Å². The Balaban J connectivity index is 3.03. The molecule has 0 aliphatic heterocycles. The highest BCUT2D eigenvalue weighted by Crippen LogP contribution is 1.95. The Morgan fingerprint density at radius 1 is 1.69 bits per heavy atom. The predicted octanol–water partition coefficient (Wildman–Crippen LogP) is 1.48. The van der Waals surface area contributed by atoms with Crippen LogP contribution in [0.1, 0.15) is 13.8 Å². The molecule has 1 rings (SSSR count). The minimum atomic E-state index is -0.166. The van der Waals surface area contributed by atoms with E-state index in [0.29, 0.717) is 5.57 Å². The van der Waals surface area contributed by atoms with Crippen molar-refractivity contribution in [1.29, 1.82) is 0 Å². The van der Waals surface area contributed by atoms with Gasteiger partial charge in [-0.1, -0.05) is 6.08 Å². The molecule has 13 heavy (non-hydrogen) atoms. The van der Waals surface area contributed by atoms with Crippen LogP contribution in [-0.2, 0) is 11.8 Å². The lowest BCUT2D eigenvalue weighted by Gasteiger charge is -1.91. The fourth-order valence-corrected chi connectivity index (χ4v) is 1.46. The summed E-state index contributed by atoms with van der Waals surface area (Å²) in [4.78, 5) is 16.0. The van der Waals surface area contributed by atoms with Gasteiger partial charge in [-0.25, -0.2) is 0 Å². The number of rotatable bonds is 1. The first-order valence-electron chi connectivity index (χ1n) is 3.97. The van der Waals surface area contributed by atoms with Gasteiger partial charge in [-0.15, -0.1) is 11.3 Å². The number of amides is 1. The molecule has 70 valence electrons. The summed E-state index contributed by atoms with van der Waals surface area (Å²) in [7, 11) is 1.87. The van der Waals surface area contributed by atoms with Crippen LogP contribution in [0.15, 0.2) is 28.2 Å². The highest BCUT2D eigenvalue weighted by molar-refractivity contribution is 7.07. The molecule has 1 aromatic heterocycles. The maximum atomic E-state index is 11.4. The van der Waals surface area contributed by atoms with Gasteiger partial charge in [0.05, 0.1) is 0 Å².